The van der Waals surface area contributed by atoms with Gasteiger partial charge >= 0.3 is 0 Å². The lowest BCUT2D eigenvalue weighted by atomic mass is 9.76. The predicted octanol–water partition coefficient (Wildman–Crippen LogP) is 3.01. The molecule has 33 heavy (non-hydrogen) atoms. The SMILES string of the molecule is O=C(NC1CC(c2cccc(Cl)c2)C1)c1cnn(Cc2cnc(N3CCC[C@H]3CO)nc2)c1. The first-order valence-electron chi connectivity index (χ1n) is 11.4. The zero-order valence-corrected chi connectivity index (χ0v) is 19.0. The molecule has 1 aliphatic heterocycles. The maximum Gasteiger partial charge on any atom is 0.254 e. The van der Waals surface area contributed by atoms with E-state index in [4.69, 9.17) is 11.6 Å². The second kappa shape index (κ2) is 9.49. The molecule has 5 rings (SSSR count). The Kier molecular flexibility index (Phi) is 6.28. The van der Waals surface area contributed by atoms with Crippen molar-refractivity contribution in [2.24, 2.45) is 0 Å². The van der Waals surface area contributed by atoms with Crippen LogP contribution in [0.5, 0.6) is 0 Å². The van der Waals surface area contributed by atoms with Gasteiger partial charge in [0, 0.05) is 41.8 Å². The number of nitrogens with one attached hydrogen (secondary N) is 1. The molecule has 8 nitrogen and oxygen atoms in total. The van der Waals surface area contributed by atoms with Crippen LogP contribution in [0.25, 0.3) is 0 Å². The van der Waals surface area contributed by atoms with Crippen LogP contribution < -0.4 is 10.2 Å². The van der Waals surface area contributed by atoms with E-state index in [9.17, 15) is 9.90 Å². The number of aliphatic hydroxyl groups excluding tert-OH is 1. The Balaban J connectivity index is 1.13. The van der Waals surface area contributed by atoms with Crippen LogP contribution in [0.3, 0.4) is 0 Å². The largest absolute Gasteiger partial charge is 0.394 e. The molecule has 2 fully saturated rings. The zero-order valence-electron chi connectivity index (χ0n) is 18.3. The van der Waals surface area contributed by atoms with Crippen LogP contribution in [0.1, 0.15) is 53.1 Å². The fraction of sp³-hybridized carbons (Fsp3) is 0.417. The lowest BCUT2D eigenvalue weighted by Crippen LogP contribution is -2.43. The fourth-order valence-electron chi connectivity index (χ4n) is 4.66. The Hall–Kier alpha value is -2.97. The van der Waals surface area contributed by atoms with E-state index in [1.165, 1.54) is 5.56 Å². The van der Waals surface area contributed by atoms with Crippen molar-refractivity contribution in [3.8, 4) is 0 Å². The van der Waals surface area contributed by atoms with Gasteiger partial charge < -0.3 is 15.3 Å². The number of anilines is 1. The highest BCUT2D eigenvalue weighted by Crippen LogP contribution is 2.37. The third kappa shape index (κ3) is 4.86. The number of halogens is 1. The molecule has 0 spiro atoms. The molecule has 1 saturated heterocycles. The molecule has 2 aliphatic rings. The van der Waals surface area contributed by atoms with Gasteiger partial charge in [-0.2, -0.15) is 5.10 Å². The number of carbonyl (C=O) groups excluding carboxylic acids is 1. The van der Waals surface area contributed by atoms with Gasteiger partial charge in [0.05, 0.1) is 31.0 Å². The van der Waals surface area contributed by atoms with Crippen LogP contribution in [0.15, 0.2) is 49.1 Å². The molecular weight excluding hydrogens is 440 g/mol. The van der Waals surface area contributed by atoms with Gasteiger partial charge in [0.15, 0.2) is 0 Å². The predicted molar refractivity (Wildman–Crippen MR) is 125 cm³/mol. The van der Waals surface area contributed by atoms with Crippen LogP contribution in [0, 0.1) is 0 Å². The Morgan fingerprint density at radius 2 is 2.03 bits per heavy atom. The molecule has 172 valence electrons. The van der Waals surface area contributed by atoms with E-state index in [0.29, 0.717) is 24.0 Å². The molecule has 2 N–H and O–H groups in total. The summed E-state index contributed by atoms with van der Waals surface area (Å²) in [4.78, 5) is 23.6. The maximum atomic E-state index is 12.6. The summed E-state index contributed by atoms with van der Waals surface area (Å²) in [5.41, 5.74) is 2.67. The van der Waals surface area contributed by atoms with E-state index >= 15 is 0 Å². The Labute approximate surface area is 197 Å². The van der Waals surface area contributed by atoms with Crippen molar-refractivity contribution in [2.45, 2.75) is 50.2 Å². The van der Waals surface area contributed by atoms with E-state index in [2.05, 4.69) is 31.3 Å². The number of hydrogen-bond acceptors (Lipinski definition) is 6. The monoisotopic (exact) mass is 466 g/mol. The first kappa shape index (κ1) is 21.9. The summed E-state index contributed by atoms with van der Waals surface area (Å²) >= 11 is 6.08. The molecule has 0 unspecified atom stereocenters. The van der Waals surface area contributed by atoms with Crippen LogP contribution in [-0.4, -0.2) is 56.0 Å². The second-order valence-corrected chi connectivity index (χ2v) is 9.32. The topological polar surface area (TPSA) is 96.2 Å². The van der Waals surface area contributed by atoms with Gasteiger partial charge in [0.25, 0.3) is 5.91 Å². The van der Waals surface area contributed by atoms with Crippen molar-refractivity contribution < 1.29 is 9.90 Å². The summed E-state index contributed by atoms with van der Waals surface area (Å²) in [6, 6.07) is 8.19. The smallest absolute Gasteiger partial charge is 0.254 e. The van der Waals surface area contributed by atoms with Crippen molar-refractivity contribution in [3.63, 3.8) is 0 Å². The molecular formula is C24H27ClN6O2. The zero-order chi connectivity index (χ0) is 22.8. The third-order valence-electron chi connectivity index (χ3n) is 6.57. The molecule has 3 aromatic rings. The molecule has 3 heterocycles. The van der Waals surface area contributed by atoms with E-state index in [0.717, 1.165) is 42.8 Å². The van der Waals surface area contributed by atoms with Gasteiger partial charge in [-0.1, -0.05) is 23.7 Å². The molecule has 1 atom stereocenters. The van der Waals surface area contributed by atoms with Crippen LogP contribution in [0.4, 0.5) is 5.95 Å². The number of carbonyl (C=O) groups is 1. The van der Waals surface area contributed by atoms with Crippen molar-refractivity contribution >= 4 is 23.5 Å². The number of rotatable bonds is 7. The number of aromatic nitrogens is 4. The summed E-state index contributed by atoms with van der Waals surface area (Å²) in [5, 5.41) is 17.7. The molecule has 1 saturated carbocycles. The van der Waals surface area contributed by atoms with Crippen LogP contribution in [0.2, 0.25) is 5.02 Å². The van der Waals surface area contributed by atoms with Crippen LogP contribution in [-0.2, 0) is 6.54 Å². The number of aliphatic hydroxyl groups is 1. The van der Waals surface area contributed by atoms with Gasteiger partial charge in [0.2, 0.25) is 5.95 Å². The minimum absolute atomic E-state index is 0.0967. The van der Waals surface area contributed by atoms with Gasteiger partial charge in [0.1, 0.15) is 0 Å². The highest BCUT2D eigenvalue weighted by Gasteiger charge is 2.32. The molecule has 2 aromatic heterocycles. The second-order valence-electron chi connectivity index (χ2n) is 8.88. The minimum Gasteiger partial charge on any atom is -0.394 e. The standard InChI is InChI=1S/C24H27ClN6O2/c25-20-4-1-3-17(7-20)18-8-21(9-18)29-23(33)19-12-28-30(14-19)13-16-10-26-24(27-11-16)31-6-2-5-22(31)15-32/h1,3-4,7,10-12,14,18,21-22,32H,2,5-6,8-9,13,15H2,(H,29,33)/t18?,21?,22-/m0/s1. The molecule has 1 amide bonds. The highest BCUT2D eigenvalue weighted by molar-refractivity contribution is 6.30. The van der Waals surface area contributed by atoms with Crippen LogP contribution >= 0.6 is 11.6 Å². The van der Waals surface area contributed by atoms with E-state index in [1.54, 1.807) is 29.5 Å². The first-order valence-corrected chi connectivity index (χ1v) is 11.7. The van der Waals surface area contributed by atoms with Crippen molar-refractivity contribution in [2.75, 3.05) is 18.1 Å². The van der Waals surface area contributed by atoms with Crippen molar-refractivity contribution in [3.05, 3.63) is 70.8 Å². The summed E-state index contributed by atoms with van der Waals surface area (Å²) < 4.78 is 1.72. The van der Waals surface area contributed by atoms with E-state index < -0.39 is 0 Å². The maximum absolute atomic E-state index is 12.6. The van der Waals surface area contributed by atoms with E-state index in [1.807, 2.05) is 18.2 Å². The number of hydrogen-bond donors (Lipinski definition) is 2. The first-order chi connectivity index (χ1) is 16.1. The van der Waals surface area contributed by atoms with Gasteiger partial charge in [-0.05, 0) is 49.3 Å². The molecule has 0 bridgehead atoms. The molecule has 9 heteroatoms. The number of benzene rings is 1. The van der Waals surface area contributed by atoms with Crippen molar-refractivity contribution in [1.29, 1.82) is 0 Å². The average Bonchev–Trinajstić information content (AvgIpc) is 3.46. The Morgan fingerprint density at radius 1 is 1.21 bits per heavy atom. The number of amides is 1. The molecule has 0 radical (unpaired) electrons. The molecule has 1 aliphatic carbocycles. The lowest BCUT2D eigenvalue weighted by Gasteiger charge is -2.36. The van der Waals surface area contributed by atoms with Crippen molar-refractivity contribution in [1.82, 2.24) is 25.1 Å². The summed E-state index contributed by atoms with van der Waals surface area (Å²) in [5.74, 6) is 0.979. The Bertz CT molecular complexity index is 1110. The summed E-state index contributed by atoms with van der Waals surface area (Å²) in [7, 11) is 0. The summed E-state index contributed by atoms with van der Waals surface area (Å²) in [6.45, 7) is 1.46. The number of nitrogens with zero attached hydrogens (tertiary/aromatic N) is 5. The third-order valence-corrected chi connectivity index (χ3v) is 6.80. The van der Waals surface area contributed by atoms with E-state index in [-0.39, 0.29) is 24.6 Å². The lowest BCUT2D eigenvalue weighted by molar-refractivity contribution is 0.0909. The van der Waals surface area contributed by atoms with Gasteiger partial charge in [-0.3, -0.25) is 9.48 Å². The highest BCUT2D eigenvalue weighted by atomic mass is 35.5. The van der Waals surface area contributed by atoms with Gasteiger partial charge in [-0.15, -0.1) is 0 Å². The minimum atomic E-state index is -0.105. The Morgan fingerprint density at radius 3 is 2.79 bits per heavy atom. The average molecular weight is 467 g/mol. The molecule has 1 aromatic carbocycles. The quantitative estimate of drug-likeness (QED) is 0.555. The fourth-order valence-corrected chi connectivity index (χ4v) is 4.86. The van der Waals surface area contributed by atoms with Gasteiger partial charge in [-0.25, -0.2) is 9.97 Å². The summed E-state index contributed by atoms with van der Waals surface area (Å²) in [6.07, 6.45) is 10.7. The normalized spacial score (nSPS) is 22.2.